The Morgan fingerprint density at radius 3 is 2.00 bits per heavy atom. The van der Waals surface area contributed by atoms with Gasteiger partial charge >= 0.3 is 6.03 Å². The van der Waals surface area contributed by atoms with Gasteiger partial charge in [-0.2, -0.15) is 0 Å². The smallest absolute Gasteiger partial charge is 0.308 e. The molecule has 2 aromatic rings. The van der Waals surface area contributed by atoms with Crippen LogP contribution >= 0.6 is 0 Å². The van der Waals surface area contributed by atoms with Gasteiger partial charge in [0.25, 0.3) is 0 Å². The third kappa shape index (κ3) is 4.40. The van der Waals surface area contributed by atoms with Gasteiger partial charge < -0.3 is 15.2 Å². The van der Waals surface area contributed by atoms with Crippen LogP contribution in [-0.4, -0.2) is 14.8 Å². The van der Waals surface area contributed by atoms with Crippen LogP contribution in [0.4, 0.5) is 16.2 Å². The predicted molar refractivity (Wildman–Crippen MR) is 84.0 cm³/mol. The third-order valence-electron chi connectivity index (χ3n) is 2.79. The molecule has 0 saturated heterocycles. The van der Waals surface area contributed by atoms with Crippen molar-refractivity contribution in [3.63, 3.8) is 0 Å². The van der Waals surface area contributed by atoms with E-state index in [-0.39, 0.29) is 10.9 Å². The lowest BCUT2D eigenvalue weighted by molar-refractivity contribution is 0.262. The Morgan fingerprint density at radius 1 is 0.952 bits per heavy atom. The van der Waals surface area contributed by atoms with E-state index in [2.05, 4.69) is 10.6 Å². The molecule has 1 atom stereocenters. The molecule has 0 fully saturated rings. The van der Waals surface area contributed by atoms with E-state index >= 15 is 0 Å². The molecule has 21 heavy (non-hydrogen) atoms. The van der Waals surface area contributed by atoms with Gasteiger partial charge in [-0.25, -0.2) is 9.00 Å². The van der Waals surface area contributed by atoms with Crippen molar-refractivity contribution in [3.8, 4) is 0 Å². The van der Waals surface area contributed by atoms with Gasteiger partial charge in [0.15, 0.2) is 11.1 Å². The standard InChI is InChI=1S/C15H16N2O3S/c1-10-7-11(2)9-13(8-10)17-15(18)16-12-3-5-14(6-4-12)21(19)20/h3-9H,1-2H3,(H,19,20)(H2,16,17,18). The molecule has 110 valence electrons. The summed E-state index contributed by atoms with van der Waals surface area (Å²) < 4.78 is 19.8. The second kappa shape index (κ2) is 6.51. The number of amides is 2. The average Bonchev–Trinajstić information content (AvgIpc) is 2.37. The van der Waals surface area contributed by atoms with E-state index in [0.29, 0.717) is 5.69 Å². The summed E-state index contributed by atoms with van der Waals surface area (Å²) in [6.45, 7) is 3.92. The number of carbonyl (C=O) groups is 1. The number of benzene rings is 2. The van der Waals surface area contributed by atoms with Crippen molar-refractivity contribution >= 4 is 28.5 Å². The highest BCUT2D eigenvalue weighted by molar-refractivity contribution is 7.79. The fourth-order valence-corrected chi connectivity index (χ4v) is 2.36. The Morgan fingerprint density at radius 2 is 1.48 bits per heavy atom. The minimum absolute atomic E-state index is 0.287. The highest BCUT2D eigenvalue weighted by atomic mass is 32.2. The fourth-order valence-electron chi connectivity index (χ4n) is 1.99. The summed E-state index contributed by atoms with van der Waals surface area (Å²) in [7, 11) is 0. The minimum atomic E-state index is -2.02. The maximum absolute atomic E-state index is 11.9. The van der Waals surface area contributed by atoms with Crippen molar-refractivity contribution in [1.82, 2.24) is 0 Å². The predicted octanol–water partition coefficient (Wildman–Crippen LogP) is 3.53. The van der Waals surface area contributed by atoms with Crippen LogP contribution in [-0.2, 0) is 11.1 Å². The topological polar surface area (TPSA) is 78.4 Å². The number of carbonyl (C=O) groups excluding carboxylic acids is 1. The average molecular weight is 304 g/mol. The van der Waals surface area contributed by atoms with Crippen molar-refractivity contribution in [3.05, 3.63) is 53.6 Å². The van der Waals surface area contributed by atoms with Crippen molar-refractivity contribution in [2.45, 2.75) is 18.7 Å². The van der Waals surface area contributed by atoms with Crippen molar-refractivity contribution < 1.29 is 13.6 Å². The van der Waals surface area contributed by atoms with E-state index in [9.17, 15) is 9.00 Å². The molecule has 2 aromatic carbocycles. The lowest BCUT2D eigenvalue weighted by Crippen LogP contribution is -2.19. The van der Waals surface area contributed by atoms with Crippen LogP contribution in [0.25, 0.3) is 0 Å². The van der Waals surface area contributed by atoms with Crippen LogP contribution in [0.1, 0.15) is 11.1 Å². The van der Waals surface area contributed by atoms with Crippen LogP contribution in [0.3, 0.4) is 0 Å². The zero-order valence-electron chi connectivity index (χ0n) is 11.7. The Balaban J connectivity index is 2.02. The Bertz CT molecular complexity index is 664. The second-order valence-corrected chi connectivity index (χ2v) is 5.70. The number of hydrogen-bond acceptors (Lipinski definition) is 2. The molecule has 0 aliphatic carbocycles. The molecular weight excluding hydrogens is 288 g/mol. The molecule has 0 radical (unpaired) electrons. The lowest BCUT2D eigenvalue weighted by atomic mass is 10.1. The van der Waals surface area contributed by atoms with Gasteiger partial charge in [-0.1, -0.05) is 6.07 Å². The summed E-state index contributed by atoms with van der Waals surface area (Å²) in [5.41, 5.74) is 3.41. The minimum Gasteiger partial charge on any atom is -0.308 e. The second-order valence-electron chi connectivity index (χ2n) is 4.73. The molecule has 2 rings (SSSR count). The molecule has 0 aliphatic rings. The third-order valence-corrected chi connectivity index (χ3v) is 3.47. The Labute approximate surface area is 125 Å². The first-order valence-corrected chi connectivity index (χ1v) is 7.42. The molecule has 0 aromatic heterocycles. The van der Waals surface area contributed by atoms with Crippen LogP contribution in [0.5, 0.6) is 0 Å². The molecule has 2 amide bonds. The molecule has 1 unspecified atom stereocenters. The first kappa shape index (κ1) is 15.2. The van der Waals surface area contributed by atoms with Crippen molar-refractivity contribution in [2.75, 3.05) is 10.6 Å². The largest absolute Gasteiger partial charge is 0.323 e. The van der Waals surface area contributed by atoms with E-state index in [4.69, 9.17) is 4.55 Å². The van der Waals surface area contributed by atoms with E-state index in [1.165, 1.54) is 12.1 Å². The van der Waals surface area contributed by atoms with Gasteiger partial charge in [-0.15, -0.1) is 0 Å². The molecule has 6 heteroatoms. The van der Waals surface area contributed by atoms with E-state index in [0.717, 1.165) is 16.8 Å². The van der Waals surface area contributed by atoms with Gasteiger partial charge in [-0.3, -0.25) is 0 Å². The SMILES string of the molecule is Cc1cc(C)cc(NC(=O)Nc2ccc(S(=O)O)cc2)c1. The summed E-state index contributed by atoms with van der Waals surface area (Å²) in [6, 6.07) is 11.5. The van der Waals surface area contributed by atoms with E-state index in [1.54, 1.807) is 12.1 Å². The van der Waals surface area contributed by atoms with E-state index < -0.39 is 11.1 Å². The zero-order chi connectivity index (χ0) is 15.4. The van der Waals surface area contributed by atoms with Gasteiger partial charge in [-0.05, 0) is 61.4 Å². The monoisotopic (exact) mass is 304 g/mol. The van der Waals surface area contributed by atoms with Crippen molar-refractivity contribution in [1.29, 1.82) is 0 Å². The van der Waals surface area contributed by atoms with Gasteiger partial charge in [0.05, 0.1) is 4.90 Å². The quantitative estimate of drug-likeness (QED) is 0.759. The lowest BCUT2D eigenvalue weighted by Gasteiger charge is -2.09. The van der Waals surface area contributed by atoms with Crippen LogP contribution in [0, 0.1) is 13.8 Å². The summed E-state index contributed by atoms with van der Waals surface area (Å²) in [4.78, 5) is 12.2. The summed E-state index contributed by atoms with van der Waals surface area (Å²) in [5.74, 6) is 0. The molecule has 0 aliphatic heterocycles. The molecular formula is C15H16N2O3S. The number of aryl methyl sites for hydroxylation is 2. The summed E-state index contributed by atoms with van der Waals surface area (Å²) in [6.07, 6.45) is 0. The summed E-state index contributed by atoms with van der Waals surface area (Å²) >= 11 is -2.02. The van der Waals surface area contributed by atoms with Crippen LogP contribution in [0.15, 0.2) is 47.4 Å². The molecule has 0 saturated carbocycles. The number of anilines is 2. The molecule has 0 spiro atoms. The first-order chi connectivity index (χ1) is 9.94. The maximum atomic E-state index is 11.9. The number of hydrogen-bond donors (Lipinski definition) is 3. The number of urea groups is 1. The maximum Gasteiger partial charge on any atom is 0.323 e. The van der Waals surface area contributed by atoms with Crippen LogP contribution in [0.2, 0.25) is 0 Å². The molecule has 0 bridgehead atoms. The van der Waals surface area contributed by atoms with E-state index in [1.807, 2.05) is 32.0 Å². The van der Waals surface area contributed by atoms with Gasteiger partial charge in [0.2, 0.25) is 0 Å². The fraction of sp³-hybridized carbons (Fsp3) is 0.133. The highest BCUT2D eigenvalue weighted by Crippen LogP contribution is 2.15. The number of rotatable bonds is 3. The zero-order valence-corrected chi connectivity index (χ0v) is 12.5. The van der Waals surface area contributed by atoms with Gasteiger partial charge in [0, 0.05) is 11.4 Å². The normalized spacial score (nSPS) is 11.8. The molecule has 0 heterocycles. The van der Waals surface area contributed by atoms with Crippen LogP contribution < -0.4 is 10.6 Å². The summed E-state index contributed by atoms with van der Waals surface area (Å²) in [5, 5.41) is 5.41. The Hall–Kier alpha value is -2.18. The molecule has 5 nitrogen and oxygen atoms in total. The Kier molecular flexibility index (Phi) is 4.72. The highest BCUT2D eigenvalue weighted by Gasteiger charge is 2.05. The van der Waals surface area contributed by atoms with Gasteiger partial charge in [0.1, 0.15) is 0 Å². The van der Waals surface area contributed by atoms with Crippen molar-refractivity contribution in [2.24, 2.45) is 0 Å². The first-order valence-electron chi connectivity index (χ1n) is 6.31. The number of nitrogens with one attached hydrogen (secondary N) is 2. The molecule has 3 N–H and O–H groups in total.